The van der Waals surface area contributed by atoms with Gasteiger partial charge in [0.15, 0.2) is 0 Å². The molecule has 1 atom stereocenters. The van der Waals surface area contributed by atoms with Gasteiger partial charge in [-0.25, -0.2) is 4.79 Å². The molecule has 0 spiro atoms. The molecule has 4 nitrogen and oxygen atoms in total. The van der Waals surface area contributed by atoms with Gasteiger partial charge in [0.25, 0.3) is 5.91 Å². The van der Waals surface area contributed by atoms with Crippen molar-refractivity contribution in [3.05, 3.63) is 39.2 Å². The zero-order chi connectivity index (χ0) is 14.9. The summed E-state index contributed by atoms with van der Waals surface area (Å²) in [4.78, 5) is 24.8. The number of rotatable bonds is 3. The molecule has 0 aliphatic carbocycles. The number of carboxylic acids is 1. The maximum atomic E-state index is 12.2. The van der Waals surface area contributed by atoms with E-state index in [1.165, 1.54) is 6.92 Å². The Balaban J connectivity index is 2.30. The van der Waals surface area contributed by atoms with E-state index >= 15 is 0 Å². The standard InChI is InChI=1S/C13H10BrNO3S2/c1-7(12(17)18)15-11(16)10(20-13(15)19)6-8-3-2-4-9(14)5-8/h2-7H,1H3,(H,17,18)/b10-6+. The van der Waals surface area contributed by atoms with E-state index in [9.17, 15) is 9.59 Å². The molecule has 0 bridgehead atoms. The Kier molecular flexibility index (Phi) is 4.62. The highest BCUT2D eigenvalue weighted by atomic mass is 79.9. The van der Waals surface area contributed by atoms with Crippen molar-refractivity contribution in [1.82, 2.24) is 4.90 Å². The lowest BCUT2D eigenvalue weighted by Gasteiger charge is -2.18. The van der Waals surface area contributed by atoms with Crippen LogP contribution in [0.4, 0.5) is 0 Å². The van der Waals surface area contributed by atoms with Crippen molar-refractivity contribution in [2.75, 3.05) is 0 Å². The Hall–Kier alpha value is -1.18. The van der Waals surface area contributed by atoms with Gasteiger partial charge in [0.2, 0.25) is 0 Å². The van der Waals surface area contributed by atoms with Crippen molar-refractivity contribution in [3.63, 3.8) is 0 Å². The summed E-state index contributed by atoms with van der Waals surface area (Å²) >= 11 is 9.56. The number of carboxylic acid groups (broad SMARTS) is 1. The second-order valence-electron chi connectivity index (χ2n) is 4.12. The number of hydrogen-bond acceptors (Lipinski definition) is 4. The second kappa shape index (κ2) is 6.07. The summed E-state index contributed by atoms with van der Waals surface area (Å²) in [7, 11) is 0. The van der Waals surface area contributed by atoms with Crippen LogP contribution in [0.2, 0.25) is 0 Å². The van der Waals surface area contributed by atoms with E-state index in [-0.39, 0.29) is 10.2 Å². The molecule has 1 unspecified atom stereocenters. The van der Waals surface area contributed by atoms with E-state index in [0.29, 0.717) is 4.91 Å². The predicted molar refractivity (Wildman–Crippen MR) is 86.3 cm³/mol. The van der Waals surface area contributed by atoms with E-state index in [2.05, 4.69) is 15.9 Å². The maximum Gasteiger partial charge on any atom is 0.326 e. The fraction of sp³-hybridized carbons (Fsp3) is 0.154. The number of thioether (sulfide) groups is 1. The molecule has 0 saturated carbocycles. The minimum atomic E-state index is -1.08. The molecule has 1 aliphatic rings. The fourth-order valence-corrected chi connectivity index (χ4v) is 3.51. The van der Waals surface area contributed by atoms with Crippen molar-refractivity contribution >= 4 is 62.2 Å². The molecule has 2 rings (SSSR count). The normalized spacial score (nSPS) is 18.7. The largest absolute Gasteiger partial charge is 0.480 e. The molecular formula is C13H10BrNO3S2. The van der Waals surface area contributed by atoms with Crippen molar-refractivity contribution in [2.24, 2.45) is 0 Å². The third kappa shape index (κ3) is 3.11. The van der Waals surface area contributed by atoms with Gasteiger partial charge in [-0.05, 0) is 30.7 Å². The highest BCUT2D eigenvalue weighted by molar-refractivity contribution is 9.10. The molecule has 1 aromatic carbocycles. The molecule has 0 aromatic heterocycles. The summed E-state index contributed by atoms with van der Waals surface area (Å²) in [5.41, 5.74) is 0.850. The first-order valence-electron chi connectivity index (χ1n) is 5.65. The zero-order valence-corrected chi connectivity index (χ0v) is 13.6. The van der Waals surface area contributed by atoms with Gasteiger partial charge in [0, 0.05) is 4.47 Å². The van der Waals surface area contributed by atoms with Crippen LogP contribution in [-0.2, 0) is 9.59 Å². The molecule has 1 heterocycles. The number of carbonyl (C=O) groups excluding carboxylic acids is 1. The monoisotopic (exact) mass is 371 g/mol. The second-order valence-corrected chi connectivity index (χ2v) is 6.71. The summed E-state index contributed by atoms with van der Waals surface area (Å²) in [5, 5.41) is 9.00. The molecular weight excluding hydrogens is 362 g/mol. The highest BCUT2D eigenvalue weighted by Crippen LogP contribution is 2.34. The number of amides is 1. The van der Waals surface area contributed by atoms with Crippen LogP contribution in [0, 0.1) is 0 Å². The molecule has 20 heavy (non-hydrogen) atoms. The van der Waals surface area contributed by atoms with Gasteiger partial charge in [-0.1, -0.05) is 52.0 Å². The van der Waals surface area contributed by atoms with Crippen LogP contribution in [0.25, 0.3) is 6.08 Å². The first-order valence-corrected chi connectivity index (χ1v) is 7.67. The molecule has 1 saturated heterocycles. The van der Waals surface area contributed by atoms with E-state index in [4.69, 9.17) is 17.3 Å². The van der Waals surface area contributed by atoms with Crippen molar-refractivity contribution in [1.29, 1.82) is 0 Å². The van der Waals surface area contributed by atoms with Crippen LogP contribution in [-0.4, -0.2) is 32.2 Å². The zero-order valence-electron chi connectivity index (χ0n) is 10.4. The summed E-state index contributed by atoms with van der Waals surface area (Å²) in [6, 6.07) is 6.51. The van der Waals surface area contributed by atoms with Gasteiger partial charge < -0.3 is 5.11 Å². The van der Waals surface area contributed by atoms with Crippen LogP contribution in [0.1, 0.15) is 12.5 Å². The molecule has 1 amide bonds. The number of halogens is 1. The molecule has 1 aliphatic heterocycles. The lowest BCUT2D eigenvalue weighted by atomic mass is 10.2. The van der Waals surface area contributed by atoms with Gasteiger partial charge in [0.05, 0.1) is 4.91 Å². The van der Waals surface area contributed by atoms with Gasteiger partial charge in [-0.3, -0.25) is 9.69 Å². The Bertz CT molecular complexity index is 630. The van der Waals surface area contributed by atoms with E-state index < -0.39 is 12.0 Å². The number of nitrogens with zero attached hydrogens (tertiary/aromatic N) is 1. The van der Waals surface area contributed by atoms with Crippen LogP contribution in [0.5, 0.6) is 0 Å². The lowest BCUT2D eigenvalue weighted by molar-refractivity contribution is -0.144. The summed E-state index contributed by atoms with van der Waals surface area (Å²) in [6.45, 7) is 1.44. The Morgan fingerprint density at radius 2 is 2.25 bits per heavy atom. The van der Waals surface area contributed by atoms with Crippen molar-refractivity contribution in [3.8, 4) is 0 Å². The number of hydrogen-bond donors (Lipinski definition) is 1. The fourth-order valence-electron chi connectivity index (χ4n) is 1.67. The smallest absolute Gasteiger partial charge is 0.326 e. The topological polar surface area (TPSA) is 57.6 Å². The highest BCUT2D eigenvalue weighted by Gasteiger charge is 2.38. The number of benzene rings is 1. The average molecular weight is 372 g/mol. The summed E-state index contributed by atoms with van der Waals surface area (Å²) < 4.78 is 1.17. The first-order chi connectivity index (χ1) is 9.40. The third-order valence-electron chi connectivity index (χ3n) is 2.71. The summed E-state index contributed by atoms with van der Waals surface area (Å²) in [5.74, 6) is -1.44. The average Bonchev–Trinajstić information content (AvgIpc) is 2.63. The van der Waals surface area contributed by atoms with Gasteiger partial charge in [0.1, 0.15) is 10.4 Å². The molecule has 1 N–H and O–H groups in total. The third-order valence-corrected chi connectivity index (χ3v) is 4.54. The Morgan fingerprint density at radius 3 is 2.85 bits per heavy atom. The van der Waals surface area contributed by atoms with Crippen LogP contribution >= 0.6 is 39.9 Å². The predicted octanol–water partition coefficient (Wildman–Crippen LogP) is 3.12. The Morgan fingerprint density at radius 1 is 1.55 bits per heavy atom. The minimum absolute atomic E-state index is 0.270. The lowest BCUT2D eigenvalue weighted by Crippen LogP contribution is -2.41. The minimum Gasteiger partial charge on any atom is -0.480 e. The van der Waals surface area contributed by atoms with Gasteiger partial charge >= 0.3 is 5.97 Å². The van der Waals surface area contributed by atoms with E-state index in [1.54, 1.807) is 6.08 Å². The van der Waals surface area contributed by atoms with Crippen LogP contribution < -0.4 is 0 Å². The van der Waals surface area contributed by atoms with Crippen molar-refractivity contribution < 1.29 is 14.7 Å². The molecule has 104 valence electrons. The molecule has 0 radical (unpaired) electrons. The van der Waals surface area contributed by atoms with Crippen molar-refractivity contribution in [2.45, 2.75) is 13.0 Å². The SMILES string of the molecule is CC(C(=O)O)N1C(=O)/C(=C\c2cccc(Br)c2)SC1=S. The quantitative estimate of drug-likeness (QED) is 0.653. The van der Waals surface area contributed by atoms with Crippen LogP contribution in [0.15, 0.2) is 33.6 Å². The number of aliphatic carboxylic acids is 1. The van der Waals surface area contributed by atoms with Gasteiger partial charge in [-0.2, -0.15) is 0 Å². The van der Waals surface area contributed by atoms with E-state index in [0.717, 1.165) is 26.7 Å². The first kappa shape index (κ1) is 15.2. The number of carbonyl (C=O) groups is 2. The summed E-state index contributed by atoms with van der Waals surface area (Å²) in [6.07, 6.45) is 1.71. The molecule has 1 fully saturated rings. The Labute approximate surface area is 134 Å². The number of thiocarbonyl (C=S) groups is 1. The molecule has 7 heteroatoms. The molecule has 1 aromatic rings. The van der Waals surface area contributed by atoms with E-state index in [1.807, 2.05) is 24.3 Å². The van der Waals surface area contributed by atoms with Crippen LogP contribution in [0.3, 0.4) is 0 Å². The van der Waals surface area contributed by atoms with Gasteiger partial charge in [-0.15, -0.1) is 0 Å². The maximum absolute atomic E-state index is 12.2.